The zero-order chi connectivity index (χ0) is 15.6. The quantitative estimate of drug-likeness (QED) is 0.666. The van der Waals surface area contributed by atoms with Gasteiger partial charge in [-0.2, -0.15) is 8.42 Å². The molecule has 0 spiro atoms. The van der Waals surface area contributed by atoms with Crippen LogP contribution in [0.2, 0.25) is 0 Å². The number of likely N-dealkylation sites (tertiary alicyclic amines) is 1. The molecule has 1 heterocycles. The van der Waals surface area contributed by atoms with Gasteiger partial charge in [-0.1, -0.05) is 37.3 Å². The van der Waals surface area contributed by atoms with Gasteiger partial charge in [0.25, 0.3) is 16.0 Å². The van der Waals surface area contributed by atoms with Gasteiger partial charge in [-0.3, -0.25) is 14.1 Å². The van der Waals surface area contributed by atoms with E-state index >= 15 is 0 Å². The highest BCUT2D eigenvalue weighted by molar-refractivity contribution is 7.86. The number of carbonyl (C=O) groups is 2. The molecule has 0 aromatic heterocycles. The molecule has 1 aliphatic rings. The molecule has 7 heteroatoms. The van der Waals surface area contributed by atoms with Gasteiger partial charge in [-0.15, -0.1) is 0 Å². The number of ketones is 1. The summed E-state index contributed by atoms with van der Waals surface area (Å²) in [6, 6.07) is 8.80. The summed E-state index contributed by atoms with van der Waals surface area (Å²) >= 11 is 0. The fourth-order valence-corrected chi connectivity index (χ4v) is 3.49. The maximum absolute atomic E-state index is 12.2. The Kier molecular flexibility index (Phi) is 4.43. The van der Waals surface area contributed by atoms with E-state index in [1.807, 2.05) is 0 Å². The first-order chi connectivity index (χ1) is 9.82. The standard InChI is InChI=1S/C14H17NO5S/c1-10(11-6-3-2-4-7-11)13(16)14(17)15-9-5-8-12(15)21(18,19)20/h2-4,6-7,10,12H,5,8-9H2,1H3,(H,18,19,20). The normalized spacial score (nSPS) is 20.3. The van der Waals surface area contributed by atoms with Crippen molar-refractivity contribution in [2.24, 2.45) is 0 Å². The number of rotatable bonds is 4. The van der Waals surface area contributed by atoms with Gasteiger partial charge in [0.1, 0.15) is 0 Å². The first-order valence-corrected chi connectivity index (χ1v) is 8.18. The molecule has 2 atom stereocenters. The lowest BCUT2D eigenvalue weighted by Gasteiger charge is -2.23. The van der Waals surface area contributed by atoms with E-state index in [1.54, 1.807) is 37.3 Å². The zero-order valence-corrected chi connectivity index (χ0v) is 12.4. The van der Waals surface area contributed by atoms with Crippen LogP contribution in [0, 0.1) is 0 Å². The van der Waals surface area contributed by atoms with E-state index in [-0.39, 0.29) is 13.0 Å². The van der Waals surface area contributed by atoms with Crippen LogP contribution in [0.4, 0.5) is 0 Å². The summed E-state index contributed by atoms with van der Waals surface area (Å²) < 4.78 is 31.7. The summed E-state index contributed by atoms with van der Waals surface area (Å²) in [5.41, 5.74) is 0.693. The maximum atomic E-state index is 12.2. The molecular weight excluding hydrogens is 294 g/mol. The molecule has 1 aromatic rings. The first-order valence-electron chi connectivity index (χ1n) is 6.68. The predicted molar refractivity (Wildman–Crippen MR) is 76.1 cm³/mol. The molecule has 2 rings (SSSR count). The van der Waals surface area contributed by atoms with Gasteiger partial charge in [-0.05, 0) is 18.4 Å². The van der Waals surface area contributed by atoms with Crippen LogP contribution in [0.3, 0.4) is 0 Å². The van der Waals surface area contributed by atoms with Crippen molar-refractivity contribution in [1.82, 2.24) is 4.90 Å². The number of benzene rings is 1. The molecule has 0 aliphatic carbocycles. The van der Waals surface area contributed by atoms with Gasteiger partial charge in [0.15, 0.2) is 5.37 Å². The molecule has 1 aromatic carbocycles. The molecule has 1 fully saturated rings. The minimum atomic E-state index is -4.37. The minimum Gasteiger partial charge on any atom is -0.317 e. The number of hydrogen-bond acceptors (Lipinski definition) is 4. The Labute approximate surface area is 123 Å². The first kappa shape index (κ1) is 15.7. The molecule has 0 saturated carbocycles. The Balaban J connectivity index is 2.18. The van der Waals surface area contributed by atoms with Gasteiger partial charge in [0.05, 0.1) is 0 Å². The highest BCUT2D eigenvalue weighted by atomic mass is 32.2. The predicted octanol–water partition coefficient (Wildman–Crippen LogP) is 1.20. The summed E-state index contributed by atoms with van der Waals surface area (Å²) in [6.07, 6.45) is 0.598. The smallest absolute Gasteiger partial charge is 0.291 e. The van der Waals surface area contributed by atoms with Crippen LogP contribution in [-0.4, -0.2) is 41.5 Å². The third-order valence-electron chi connectivity index (χ3n) is 3.71. The molecule has 2 unspecified atom stereocenters. The second-order valence-electron chi connectivity index (χ2n) is 5.11. The average molecular weight is 311 g/mol. The molecule has 6 nitrogen and oxygen atoms in total. The lowest BCUT2D eigenvalue weighted by atomic mass is 9.96. The van der Waals surface area contributed by atoms with E-state index in [4.69, 9.17) is 4.55 Å². The molecular formula is C14H17NO5S. The SMILES string of the molecule is CC(C(=O)C(=O)N1CCCC1S(=O)(=O)O)c1ccccc1. The Hall–Kier alpha value is -1.73. The monoisotopic (exact) mass is 311 g/mol. The van der Waals surface area contributed by atoms with Crippen molar-refractivity contribution in [3.05, 3.63) is 35.9 Å². The van der Waals surface area contributed by atoms with Gasteiger partial charge in [0, 0.05) is 12.5 Å². The van der Waals surface area contributed by atoms with Crippen molar-refractivity contribution < 1.29 is 22.6 Å². The number of amides is 1. The minimum absolute atomic E-state index is 0.150. The van der Waals surface area contributed by atoms with Crippen LogP contribution >= 0.6 is 0 Å². The Morgan fingerprint density at radius 2 is 1.90 bits per heavy atom. The fraction of sp³-hybridized carbons (Fsp3) is 0.429. The van der Waals surface area contributed by atoms with Crippen LogP contribution in [0.25, 0.3) is 0 Å². The summed E-state index contributed by atoms with van der Waals surface area (Å²) in [4.78, 5) is 25.4. The highest BCUT2D eigenvalue weighted by Crippen LogP contribution is 2.24. The summed E-state index contributed by atoms with van der Waals surface area (Å²) in [7, 11) is -4.37. The lowest BCUT2D eigenvalue weighted by molar-refractivity contribution is -0.145. The summed E-state index contributed by atoms with van der Waals surface area (Å²) in [5, 5.41) is -1.31. The van der Waals surface area contributed by atoms with Gasteiger partial charge in [0.2, 0.25) is 5.78 Å². The number of hydrogen-bond donors (Lipinski definition) is 1. The molecule has 1 saturated heterocycles. The van der Waals surface area contributed by atoms with Crippen LogP contribution < -0.4 is 0 Å². The van der Waals surface area contributed by atoms with E-state index in [0.717, 1.165) is 4.90 Å². The summed E-state index contributed by atoms with van der Waals surface area (Å²) in [5.74, 6) is -2.18. The van der Waals surface area contributed by atoms with Crippen molar-refractivity contribution in [2.45, 2.75) is 31.1 Å². The lowest BCUT2D eigenvalue weighted by Crippen LogP contribution is -2.44. The van der Waals surface area contributed by atoms with Crippen molar-refractivity contribution >= 4 is 21.8 Å². The van der Waals surface area contributed by atoms with E-state index in [0.29, 0.717) is 12.0 Å². The zero-order valence-electron chi connectivity index (χ0n) is 11.6. The highest BCUT2D eigenvalue weighted by Gasteiger charge is 2.40. The number of nitrogens with zero attached hydrogens (tertiary/aromatic N) is 1. The molecule has 21 heavy (non-hydrogen) atoms. The van der Waals surface area contributed by atoms with E-state index in [1.165, 1.54) is 0 Å². The van der Waals surface area contributed by atoms with E-state index < -0.39 is 33.1 Å². The Bertz CT molecular complexity index is 641. The van der Waals surface area contributed by atoms with Gasteiger partial charge >= 0.3 is 0 Å². The second kappa shape index (κ2) is 5.95. The van der Waals surface area contributed by atoms with Gasteiger partial charge < -0.3 is 4.90 Å². The number of Topliss-reactive ketones (excluding diaryl/α,β-unsaturated/α-hetero) is 1. The van der Waals surface area contributed by atoms with Gasteiger partial charge in [-0.25, -0.2) is 0 Å². The van der Waals surface area contributed by atoms with Crippen molar-refractivity contribution in [2.75, 3.05) is 6.54 Å². The molecule has 1 N–H and O–H groups in total. The van der Waals surface area contributed by atoms with Crippen LogP contribution in [0.1, 0.15) is 31.2 Å². The molecule has 114 valence electrons. The largest absolute Gasteiger partial charge is 0.317 e. The average Bonchev–Trinajstić information content (AvgIpc) is 2.95. The van der Waals surface area contributed by atoms with E-state index in [9.17, 15) is 18.0 Å². The third kappa shape index (κ3) is 3.30. The molecule has 1 amide bonds. The van der Waals surface area contributed by atoms with Crippen LogP contribution in [0.5, 0.6) is 0 Å². The van der Waals surface area contributed by atoms with Crippen molar-refractivity contribution in [1.29, 1.82) is 0 Å². The third-order valence-corrected chi connectivity index (χ3v) is 4.88. The van der Waals surface area contributed by atoms with E-state index in [2.05, 4.69) is 0 Å². The Morgan fingerprint density at radius 3 is 2.48 bits per heavy atom. The number of carbonyl (C=O) groups excluding carboxylic acids is 2. The molecule has 0 bridgehead atoms. The van der Waals surface area contributed by atoms with Crippen molar-refractivity contribution in [3.63, 3.8) is 0 Å². The Morgan fingerprint density at radius 1 is 1.29 bits per heavy atom. The van der Waals surface area contributed by atoms with Crippen molar-refractivity contribution in [3.8, 4) is 0 Å². The molecule has 1 aliphatic heterocycles. The fourth-order valence-electron chi connectivity index (χ4n) is 2.50. The molecule has 0 radical (unpaired) electrons. The topological polar surface area (TPSA) is 91.8 Å². The maximum Gasteiger partial charge on any atom is 0.291 e. The van der Waals surface area contributed by atoms with Crippen LogP contribution in [-0.2, 0) is 19.7 Å². The summed E-state index contributed by atoms with van der Waals surface area (Å²) in [6.45, 7) is 1.77. The van der Waals surface area contributed by atoms with Crippen LogP contribution in [0.15, 0.2) is 30.3 Å². The second-order valence-corrected chi connectivity index (χ2v) is 6.68.